The summed E-state index contributed by atoms with van der Waals surface area (Å²) in [4.78, 5) is 45.4. The van der Waals surface area contributed by atoms with Crippen LogP contribution >= 0.6 is 22.7 Å². The monoisotopic (exact) mass is 610 g/mol. The standard InChI is InChI=1S/C34H30N2O5S2/c1-3-40-34(39)29-25-18-17-22(21-11-5-4-6-12-21)19-28(25)43-32(29)36-30(37)20(2)41-33(38)24-14-8-7-13-23(24)31-35-26-15-9-10-16-27(26)42-31/h4-16,20,22H,3,17-19H2,1-2H3,(H,36,37). The summed E-state index contributed by atoms with van der Waals surface area (Å²) in [5.74, 6) is -1.27. The lowest BCUT2D eigenvalue weighted by molar-refractivity contribution is -0.123. The van der Waals surface area contributed by atoms with Crippen LogP contribution in [0.5, 0.6) is 0 Å². The van der Waals surface area contributed by atoms with Crippen molar-refractivity contribution in [3.63, 3.8) is 0 Å². The molecular weight excluding hydrogens is 581 g/mol. The van der Waals surface area contributed by atoms with Gasteiger partial charge in [-0.15, -0.1) is 22.7 Å². The molecule has 2 atom stereocenters. The van der Waals surface area contributed by atoms with Gasteiger partial charge in [0.05, 0.1) is 28.0 Å². The van der Waals surface area contributed by atoms with Crippen LogP contribution in [0.15, 0.2) is 78.9 Å². The molecule has 2 aromatic heterocycles. The molecule has 3 aromatic carbocycles. The van der Waals surface area contributed by atoms with Crippen molar-refractivity contribution in [1.29, 1.82) is 0 Å². The minimum absolute atomic E-state index is 0.228. The molecular formula is C34H30N2O5S2. The van der Waals surface area contributed by atoms with Crippen molar-refractivity contribution in [3.05, 3.63) is 106 Å². The van der Waals surface area contributed by atoms with Gasteiger partial charge in [-0.2, -0.15) is 0 Å². The van der Waals surface area contributed by atoms with Gasteiger partial charge in [0, 0.05) is 10.4 Å². The number of carbonyl (C=O) groups is 3. The average Bonchev–Trinajstić information content (AvgIpc) is 3.62. The predicted molar refractivity (Wildman–Crippen MR) is 170 cm³/mol. The first kappa shape index (κ1) is 28.8. The first-order valence-electron chi connectivity index (χ1n) is 14.3. The van der Waals surface area contributed by atoms with E-state index in [1.165, 1.54) is 35.2 Å². The summed E-state index contributed by atoms with van der Waals surface area (Å²) >= 11 is 2.89. The number of anilines is 1. The lowest BCUT2D eigenvalue weighted by atomic mass is 9.83. The van der Waals surface area contributed by atoms with Crippen molar-refractivity contribution in [2.24, 2.45) is 0 Å². The predicted octanol–water partition coefficient (Wildman–Crippen LogP) is 7.66. The second kappa shape index (κ2) is 12.5. The van der Waals surface area contributed by atoms with E-state index in [0.717, 1.165) is 33.5 Å². The first-order chi connectivity index (χ1) is 20.9. The minimum Gasteiger partial charge on any atom is -0.462 e. The van der Waals surface area contributed by atoms with Crippen LogP contribution < -0.4 is 5.32 Å². The lowest BCUT2D eigenvalue weighted by Crippen LogP contribution is -2.30. The fourth-order valence-electron chi connectivity index (χ4n) is 5.43. The first-order valence-corrected chi connectivity index (χ1v) is 15.9. The quantitative estimate of drug-likeness (QED) is 0.181. The molecule has 7 nitrogen and oxygen atoms in total. The maximum Gasteiger partial charge on any atom is 0.341 e. The number of amides is 1. The van der Waals surface area contributed by atoms with Crippen molar-refractivity contribution in [2.45, 2.75) is 45.1 Å². The molecule has 2 unspecified atom stereocenters. The number of para-hydroxylation sites is 1. The van der Waals surface area contributed by atoms with Crippen LogP contribution in [0.3, 0.4) is 0 Å². The van der Waals surface area contributed by atoms with E-state index < -0.39 is 23.9 Å². The molecule has 6 rings (SSSR count). The van der Waals surface area contributed by atoms with E-state index >= 15 is 0 Å². The van der Waals surface area contributed by atoms with Crippen molar-refractivity contribution < 1.29 is 23.9 Å². The lowest BCUT2D eigenvalue weighted by Gasteiger charge is -2.23. The summed E-state index contributed by atoms with van der Waals surface area (Å²) in [7, 11) is 0. The Labute approximate surface area is 257 Å². The average molecular weight is 611 g/mol. The van der Waals surface area contributed by atoms with E-state index in [1.807, 2.05) is 54.6 Å². The molecule has 218 valence electrons. The topological polar surface area (TPSA) is 94.6 Å². The van der Waals surface area contributed by atoms with E-state index in [1.54, 1.807) is 19.1 Å². The smallest absolute Gasteiger partial charge is 0.341 e. The molecule has 0 radical (unpaired) electrons. The number of rotatable bonds is 8. The van der Waals surface area contributed by atoms with Crippen molar-refractivity contribution in [2.75, 3.05) is 11.9 Å². The summed E-state index contributed by atoms with van der Waals surface area (Å²) in [5, 5.41) is 4.00. The van der Waals surface area contributed by atoms with Crippen molar-refractivity contribution in [3.8, 4) is 10.6 Å². The van der Waals surface area contributed by atoms with Crippen LogP contribution in [-0.4, -0.2) is 35.5 Å². The minimum atomic E-state index is -1.11. The van der Waals surface area contributed by atoms with Crippen molar-refractivity contribution >= 4 is 55.7 Å². The summed E-state index contributed by atoms with van der Waals surface area (Å²) in [6.45, 7) is 3.51. The largest absolute Gasteiger partial charge is 0.462 e. The normalized spacial score (nSPS) is 15.0. The van der Waals surface area contributed by atoms with Gasteiger partial charge in [-0.05, 0) is 68.4 Å². The molecule has 0 fully saturated rings. The Bertz CT molecular complexity index is 1780. The van der Waals surface area contributed by atoms with Crippen LogP contribution in [0.2, 0.25) is 0 Å². The number of ether oxygens (including phenoxy) is 2. The molecule has 1 N–H and O–H groups in total. The summed E-state index contributed by atoms with van der Waals surface area (Å²) in [5.41, 5.74) is 4.42. The molecule has 0 saturated carbocycles. The highest BCUT2D eigenvalue weighted by Gasteiger charge is 2.32. The number of benzene rings is 3. The van der Waals surface area contributed by atoms with Gasteiger partial charge in [-0.1, -0.05) is 60.7 Å². The van der Waals surface area contributed by atoms with E-state index in [4.69, 9.17) is 9.47 Å². The Morgan fingerprint density at radius 1 is 0.953 bits per heavy atom. The number of nitrogens with zero attached hydrogens (tertiary/aromatic N) is 1. The van der Waals surface area contributed by atoms with Gasteiger partial charge in [-0.3, -0.25) is 4.79 Å². The second-order valence-electron chi connectivity index (χ2n) is 10.3. The second-order valence-corrected chi connectivity index (χ2v) is 12.5. The highest BCUT2D eigenvalue weighted by Crippen LogP contribution is 2.43. The Kier molecular flexibility index (Phi) is 8.35. The van der Waals surface area contributed by atoms with Crippen LogP contribution in [0.4, 0.5) is 5.00 Å². The third-order valence-corrected chi connectivity index (χ3v) is 9.82. The van der Waals surface area contributed by atoms with E-state index in [0.29, 0.717) is 39.0 Å². The van der Waals surface area contributed by atoms with Gasteiger partial charge in [0.25, 0.3) is 5.91 Å². The fraction of sp³-hybridized carbons (Fsp3) is 0.235. The molecule has 43 heavy (non-hydrogen) atoms. The molecule has 9 heteroatoms. The Morgan fingerprint density at radius 2 is 1.70 bits per heavy atom. The number of hydrogen-bond donors (Lipinski definition) is 1. The van der Waals surface area contributed by atoms with Crippen LogP contribution in [0.1, 0.15) is 62.9 Å². The van der Waals surface area contributed by atoms with Crippen molar-refractivity contribution in [1.82, 2.24) is 4.98 Å². The molecule has 1 aliphatic rings. The van der Waals surface area contributed by atoms with E-state index in [9.17, 15) is 14.4 Å². The Morgan fingerprint density at radius 3 is 2.49 bits per heavy atom. The molecule has 0 aliphatic heterocycles. The molecule has 1 aliphatic carbocycles. The zero-order valence-electron chi connectivity index (χ0n) is 23.8. The highest BCUT2D eigenvalue weighted by molar-refractivity contribution is 7.21. The SMILES string of the molecule is CCOC(=O)c1c(NC(=O)C(C)OC(=O)c2ccccc2-c2nc3ccccc3s2)sc2c1CCC(c1ccccc1)C2. The molecule has 0 spiro atoms. The Balaban J connectivity index is 1.21. The Hall–Kier alpha value is -4.34. The fourth-order valence-corrected chi connectivity index (χ4v) is 7.75. The number of nitrogens with one attached hydrogen (secondary N) is 1. The molecule has 1 amide bonds. The summed E-state index contributed by atoms with van der Waals surface area (Å²) in [6.07, 6.45) is 1.28. The molecule has 5 aromatic rings. The number of esters is 2. The van der Waals surface area contributed by atoms with Gasteiger partial charge >= 0.3 is 11.9 Å². The molecule has 0 bridgehead atoms. The number of hydrogen-bond acceptors (Lipinski definition) is 8. The summed E-state index contributed by atoms with van der Waals surface area (Å²) < 4.78 is 12.0. The number of fused-ring (bicyclic) bond motifs is 2. The number of carbonyl (C=O) groups excluding carboxylic acids is 3. The molecule has 0 saturated heterocycles. The van der Waals surface area contributed by atoms with Gasteiger partial charge < -0.3 is 14.8 Å². The number of aromatic nitrogens is 1. The zero-order valence-corrected chi connectivity index (χ0v) is 25.4. The summed E-state index contributed by atoms with van der Waals surface area (Å²) in [6, 6.07) is 25.2. The highest BCUT2D eigenvalue weighted by atomic mass is 32.1. The molecule has 2 heterocycles. The zero-order chi connectivity index (χ0) is 29.9. The van der Waals surface area contributed by atoms with E-state index in [-0.39, 0.29) is 6.61 Å². The van der Waals surface area contributed by atoms with Gasteiger partial charge in [0.2, 0.25) is 0 Å². The van der Waals surface area contributed by atoms with E-state index in [2.05, 4.69) is 22.4 Å². The van der Waals surface area contributed by atoms with Gasteiger partial charge in [0.15, 0.2) is 6.10 Å². The van der Waals surface area contributed by atoms with Gasteiger partial charge in [-0.25, -0.2) is 14.6 Å². The van der Waals surface area contributed by atoms with Crippen LogP contribution in [-0.2, 0) is 27.1 Å². The third-order valence-electron chi connectivity index (χ3n) is 7.58. The van der Waals surface area contributed by atoms with Crippen LogP contribution in [0.25, 0.3) is 20.8 Å². The third kappa shape index (κ3) is 5.96. The maximum atomic E-state index is 13.3. The number of thiophene rings is 1. The maximum absolute atomic E-state index is 13.3. The van der Waals surface area contributed by atoms with Gasteiger partial charge in [0.1, 0.15) is 10.0 Å². The van der Waals surface area contributed by atoms with Crippen LogP contribution in [0, 0.1) is 0 Å². The number of thiazole rings is 1.